The Labute approximate surface area is 250 Å². The molecule has 0 atom stereocenters. The van der Waals surface area contributed by atoms with Gasteiger partial charge in [-0.25, -0.2) is 21.8 Å². The summed E-state index contributed by atoms with van der Waals surface area (Å²) in [5.41, 5.74) is 3.23. The summed E-state index contributed by atoms with van der Waals surface area (Å²) in [5.74, 6) is -0.352. The number of pyridine rings is 2. The Bertz CT molecular complexity index is 1930. The lowest BCUT2D eigenvalue weighted by molar-refractivity contribution is 0.122. The smallest absolute Gasteiger partial charge is 0.269 e. The molecule has 0 saturated carbocycles. The summed E-state index contributed by atoms with van der Waals surface area (Å²) in [6, 6.07) is 16.8. The third kappa shape index (κ3) is 5.29. The van der Waals surface area contributed by atoms with Crippen molar-refractivity contribution in [1.29, 1.82) is 0 Å². The molecule has 1 aliphatic rings. The van der Waals surface area contributed by atoms with E-state index in [1.807, 2.05) is 35.6 Å². The second-order valence-corrected chi connectivity index (χ2v) is 12.9. The molecule has 11 heteroatoms. The Hall–Kier alpha value is -3.55. The molecule has 8 nitrogen and oxygen atoms in total. The highest BCUT2D eigenvalue weighted by Gasteiger charge is 2.24. The van der Waals surface area contributed by atoms with E-state index in [2.05, 4.69) is 9.88 Å². The first-order chi connectivity index (χ1) is 19.7. The monoisotopic (exact) mass is 684 g/mol. The summed E-state index contributed by atoms with van der Waals surface area (Å²) in [5, 5.41) is 0.602. The van der Waals surface area contributed by atoms with Crippen LogP contribution in [-0.2, 0) is 21.3 Å². The Balaban J connectivity index is 1.48. The molecule has 1 saturated heterocycles. The van der Waals surface area contributed by atoms with Crippen molar-refractivity contribution in [2.75, 3.05) is 31.2 Å². The molecule has 2 aromatic carbocycles. The third-order valence-corrected chi connectivity index (χ3v) is 9.73. The van der Waals surface area contributed by atoms with Gasteiger partial charge in [0.1, 0.15) is 5.82 Å². The van der Waals surface area contributed by atoms with Crippen LogP contribution in [0.1, 0.15) is 11.1 Å². The topological polar surface area (TPSA) is 86.4 Å². The maximum atomic E-state index is 14.6. The lowest BCUT2D eigenvalue weighted by atomic mass is 10.1. The minimum atomic E-state index is -3.98. The van der Waals surface area contributed by atoms with Crippen LogP contribution in [0.2, 0.25) is 0 Å². The maximum Gasteiger partial charge on any atom is 0.269 e. The van der Waals surface area contributed by atoms with Crippen LogP contribution in [0.4, 0.5) is 10.1 Å². The molecule has 1 fully saturated rings. The first-order valence-electron chi connectivity index (χ1n) is 13.0. The highest BCUT2D eigenvalue weighted by Crippen LogP contribution is 2.34. The van der Waals surface area contributed by atoms with Gasteiger partial charge in [-0.3, -0.25) is 4.79 Å². The predicted molar refractivity (Wildman–Crippen MR) is 164 cm³/mol. The van der Waals surface area contributed by atoms with Crippen molar-refractivity contribution in [2.45, 2.75) is 18.4 Å². The van der Waals surface area contributed by atoms with Gasteiger partial charge in [-0.15, -0.1) is 0 Å². The van der Waals surface area contributed by atoms with E-state index in [-0.39, 0.29) is 28.5 Å². The molecule has 0 aliphatic carbocycles. The largest absolute Gasteiger partial charge is 0.378 e. The van der Waals surface area contributed by atoms with Crippen molar-refractivity contribution in [3.63, 3.8) is 0 Å². The number of anilines is 1. The number of fused-ring (bicyclic) bond motifs is 1. The van der Waals surface area contributed by atoms with E-state index in [9.17, 15) is 17.6 Å². The van der Waals surface area contributed by atoms with Crippen molar-refractivity contribution in [3.05, 3.63) is 110 Å². The normalized spacial score (nSPS) is 14.1. The summed E-state index contributed by atoms with van der Waals surface area (Å²) in [6.07, 6.45) is 4.80. The maximum absolute atomic E-state index is 14.6. The molecule has 6 rings (SSSR count). The molecule has 5 aromatic rings. The molecular formula is C30H26FIN4O4S. The molecule has 3 aromatic heterocycles. The molecule has 0 radical (unpaired) electrons. The van der Waals surface area contributed by atoms with Gasteiger partial charge in [-0.05, 0) is 65.4 Å². The number of aryl methyl sites for hydroxylation is 1. The molecule has 0 spiro atoms. The molecule has 41 heavy (non-hydrogen) atoms. The predicted octanol–water partition coefficient (Wildman–Crippen LogP) is 5.04. The third-order valence-electron chi connectivity index (χ3n) is 7.23. The summed E-state index contributed by atoms with van der Waals surface area (Å²) in [7, 11) is -3.98. The first-order valence-corrected chi connectivity index (χ1v) is 15.5. The van der Waals surface area contributed by atoms with Crippen LogP contribution in [0.15, 0.2) is 88.9 Å². The number of hydrogen-bond acceptors (Lipinski definition) is 6. The van der Waals surface area contributed by atoms with Crippen LogP contribution in [-0.4, -0.2) is 48.2 Å². The van der Waals surface area contributed by atoms with Crippen molar-refractivity contribution < 1.29 is 17.5 Å². The van der Waals surface area contributed by atoms with E-state index in [4.69, 9.17) is 4.74 Å². The quantitative estimate of drug-likeness (QED) is 0.233. The fraction of sp³-hybridized carbons (Fsp3) is 0.200. The Morgan fingerprint density at radius 1 is 1.05 bits per heavy atom. The van der Waals surface area contributed by atoms with Gasteiger partial charge in [-0.2, -0.15) is 0 Å². The van der Waals surface area contributed by atoms with Gasteiger partial charge in [0.15, 0.2) is 5.65 Å². The van der Waals surface area contributed by atoms with E-state index in [0.717, 1.165) is 11.3 Å². The van der Waals surface area contributed by atoms with E-state index in [1.54, 1.807) is 60.9 Å². The van der Waals surface area contributed by atoms with Crippen LogP contribution >= 0.6 is 22.6 Å². The Morgan fingerprint density at radius 2 is 1.80 bits per heavy atom. The van der Waals surface area contributed by atoms with Crippen LogP contribution in [0, 0.1) is 16.3 Å². The number of benzene rings is 2. The SMILES string of the molecule is Cc1ccc(S(=O)(=O)n2cc(-c3ccn(Cc4cccc(I)c4F)c(=O)c3)c3cc(N4CCOCC4)cnc32)cc1. The van der Waals surface area contributed by atoms with Gasteiger partial charge < -0.3 is 14.2 Å². The second-order valence-electron chi connectivity index (χ2n) is 9.92. The zero-order valence-corrected chi connectivity index (χ0v) is 25.1. The average molecular weight is 685 g/mol. The zero-order chi connectivity index (χ0) is 28.7. The van der Waals surface area contributed by atoms with Gasteiger partial charge in [0.25, 0.3) is 15.6 Å². The summed E-state index contributed by atoms with van der Waals surface area (Å²) < 4.78 is 50.7. The lowest BCUT2D eigenvalue weighted by Crippen LogP contribution is -2.36. The number of morpholine rings is 1. The van der Waals surface area contributed by atoms with Crippen molar-refractivity contribution in [1.82, 2.24) is 13.5 Å². The van der Waals surface area contributed by atoms with Gasteiger partial charge in [-0.1, -0.05) is 29.8 Å². The van der Waals surface area contributed by atoms with Crippen molar-refractivity contribution >= 4 is 49.3 Å². The number of halogens is 2. The van der Waals surface area contributed by atoms with Gasteiger partial charge in [0.2, 0.25) is 0 Å². The summed E-state index contributed by atoms with van der Waals surface area (Å²) in [4.78, 5) is 20.1. The number of rotatable bonds is 6. The van der Waals surface area contributed by atoms with Crippen molar-refractivity contribution in [2.24, 2.45) is 0 Å². The summed E-state index contributed by atoms with van der Waals surface area (Å²) in [6.45, 7) is 4.53. The minimum absolute atomic E-state index is 0.0775. The molecule has 0 N–H and O–H groups in total. The molecule has 0 bridgehead atoms. The summed E-state index contributed by atoms with van der Waals surface area (Å²) >= 11 is 1.93. The van der Waals surface area contributed by atoms with Gasteiger partial charge in [0, 0.05) is 51.6 Å². The molecule has 0 amide bonds. The molecular weight excluding hydrogens is 658 g/mol. The van der Waals surface area contributed by atoms with Gasteiger partial charge >= 0.3 is 0 Å². The first kappa shape index (κ1) is 27.6. The van der Waals surface area contributed by atoms with E-state index in [0.29, 0.717) is 52.0 Å². The van der Waals surface area contributed by atoms with Crippen molar-refractivity contribution in [3.8, 4) is 11.1 Å². The standard InChI is InChI=1S/C30H26FIN4O4S/c1-20-5-7-24(8-6-20)41(38,39)36-19-26(25-16-23(17-33-30(25)36)34-11-13-40-14-12-34)21-9-10-35(28(37)15-21)18-22-3-2-4-27(32)29(22)31/h2-10,15-17,19H,11-14,18H2,1H3. The zero-order valence-electron chi connectivity index (χ0n) is 22.1. The fourth-order valence-corrected chi connectivity index (χ4v) is 6.84. The highest BCUT2D eigenvalue weighted by atomic mass is 127. The van der Waals surface area contributed by atoms with Crippen LogP contribution in [0.5, 0.6) is 0 Å². The molecule has 210 valence electrons. The molecule has 0 unspecified atom stereocenters. The van der Waals surface area contributed by atoms with Crippen LogP contribution < -0.4 is 10.5 Å². The van der Waals surface area contributed by atoms with E-state index >= 15 is 0 Å². The van der Waals surface area contributed by atoms with E-state index < -0.39 is 10.0 Å². The van der Waals surface area contributed by atoms with Gasteiger partial charge in [0.05, 0.1) is 36.5 Å². The number of ether oxygens (including phenoxy) is 1. The molecule has 1 aliphatic heterocycles. The van der Waals surface area contributed by atoms with Crippen LogP contribution in [0.3, 0.4) is 0 Å². The minimum Gasteiger partial charge on any atom is -0.378 e. The van der Waals surface area contributed by atoms with E-state index in [1.165, 1.54) is 20.8 Å². The molecule has 4 heterocycles. The highest BCUT2D eigenvalue weighted by molar-refractivity contribution is 14.1. The number of hydrogen-bond donors (Lipinski definition) is 0. The number of aromatic nitrogens is 3. The fourth-order valence-electron chi connectivity index (χ4n) is 4.96. The van der Waals surface area contributed by atoms with Crippen LogP contribution in [0.25, 0.3) is 22.2 Å². The Kier molecular flexibility index (Phi) is 7.43. The second kappa shape index (κ2) is 11.0. The lowest BCUT2D eigenvalue weighted by Gasteiger charge is -2.28. The number of nitrogens with zero attached hydrogens (tertiary/aromatic N) is 4. The Morgan fingerprint density at radius 3 is 2.54 bits per heavy atom. The average Bonchev–Trinajstić information content (AvgIpc) is 3.37.